The standard InChI is InChI=1S/C17H17ClN4O2S/c1-3-9(2)20-16(23)14-12-8-25-15(19)13(12)17(24)22(21-14)11-6-4-10(18)5-7-11/h4-9H,3,19H2,1-2H3,(H,20,23). The van der Waals surface area contributed by atoms with Crippen LogP contribution in [0.2, 0.25) is 5.02 Å². The number of hydrogen-bond donors (Lipinski definition) is 2. The second-order valence-electron chi connectivity index (χ2n) is 5.71. The van der Waals surface area contributed by atoms with Gasteiger partial charge in [0.1, 0.15) is 0 Å². The quantitative estimate of drug-likeness (QED) is 0.731. The number of anilines is 1. The van der Waals surface area contributed by atoms with Gasteiger partial charge in [0.05, 0.1) is 16.1 Å². The van der Waals surface area contributed by atoms with Gasteiger partial charge in [-0.15, -0.1) is 11.3 Å². The molecule has 0 saturated heterocycles. The molecule has 3 rings (SSSR count). The van der Waals surface area contributed by atoms with E-state index >= 15 is 0 Å². The second kappa shape index (κ2) is 6.85. The Morgan fingerprint density at radius 2 is 2.08 bits per heavy atom. The third kappa shape index (κ3) is 3.25. The molecule has 3 N–H and O–H groups in total. The molecule has 130 valence electrons. The Balaban J connectivity index is 2.23. The van der Waals surface area contributed by atoms with Crippen molar-refractivity contribution in [2.24, 2.45) is 0 Å². The number of rotatable bonds is 4. The second-order valence-corrected chi connectivity index (χ2v) is 7.06. The predicted molar refractivity (Wildman–Crippen MR) is 102 cm³/mol. The van der Waals surface area contributed by atoms with Crippen LogP contribution in [-0.4, -0.2) is 21.7 Å². The normalized spacial score (nSPS) is 12.3. The van der Waals surface area contributed by atoms with Gasteiger partial charge in [0.25, 0.3) is 11.5 Å². The molecular weight excluding hydrogens is 360 g/mol. The first-order valence-electron chi connectivity index (χ1n) is 7.79. The maximum Gasteiger partial charge on any atom is 0.282 e. The molecule has 0 radical (unpaired) electrons. The van der Waals surface area contributed by atoms with E-state index in [1.165, 1.54) is 16.0 Å². The van der Waals surface area contributed by atoms with Crippen LogP contribution in [0.1, 0.15) is 30.8 Å². The summed E-state index contributed by atoms with van der Waals surface area (Å²) in [6.07, 6.45) is 0.789. The average molecular weight is 377 g/mol. The van der Waals surface area contributed by atoms with Crippen molar-refractivity contribution >= 4 is 44.6 Å². The van der Waals surface area contributed by atoms with E-state index in [1.54, 1.807) is 29.6 Å². The number of nitrogens with one attached hydrogen (secondary N) is 1. The Hall–Kier alpha value is -2.38. The first-order valence-corrected chi connectivity index (χ1v) is 9.05. The van der Waals surface area contributed by atoms with Gasteiger partial charge < -0.3 is 11.1 Å². The van der Waals surface area contributed by atoms with Gasteiger partial charge >= 0.3 is 0 Å². The number of aromatic nitrogens is 2. The molecule has 8 heteroatoms. The van der Waals surface area contributed by atoms with Crippen molar-refractivity contribution in [3.8, 4) is 5.69 Å². The lowest BCUT2D eigenvalue weighted by molar-refractivity contribution is 0.0934. The fourth-order valence-corrected chi connectivity index (χ4v) is 3.31. The lowest BCUT2D eigenvalue weighted by atomic mass is 10.2. The summed E-state index contributed by atoms with van der Waals surface area (Å²) < 4.78 is 1.19. The van der Waals surface area contributed by atoms with Crippen LogP contribution in [0.15, 0.2) is 34.4 Å². The van der Waals surface area contributed by atoms with E-state index in [-0.39, 0.29) is 23.2 Å². The fourth-order valence-electron chi connectivity index (χ4n) is 2.39. The number of carbonyl (C=O) groups is 1. The molecule has 0 aliphatic rings. The molecule has 0 saturated carbocycles. The Bertz CT molecular complexity index is 994. The van der Waals surface area contributed by atoms with Crippen molar-refractivity contribution in [3.63, 3.8) is 0 Å². The highest BCUT2D eigenvalue weighted by Crippen LogP contribution is 2.27. The number of nitrogens with two attached hydrogens (primary N) is 1. The molecule has 0 spiro atoms. The monoisotopic (exact) mass is 376 g/mol. The molecule has 1 unspecified atom stereocenters. The number of benzene rings is 1. The van der Waals surface area contributed by atoms with Crippen LogP contribution < -0.4 is 16.6 Å². The van der Waals surface area contributed by atoms with E-state index in [0.29, 0.717) is 26.5 Å². The number of nitrogens with zero attached hydrogens (tertiary/aromatic N) is 2. The predicted octanol–water partition coefficient (Wildman–Crippen LogP) is 3.21. The largest absolute Gasteiger partial charge is 0.390 e. The van der Waals surface area contributed by atoms with Gasteiger partial charge in [0, 0.05) is 21.8 Å². The molecule has 0 fully saturated rings. The Morgan fingerprint density at radius 3 is 2.72 bits per heavy atom. The number of hydrogen-bond acceptors (Lipinski definition) is 5. The minimum Gasteiger partial charge on any atom is -0.390 e. The molecule has 2 aromatic heterocycles. The summed E-state index contributed by atoms with van der Waals surface area (Å²) in [5, 5.41) is 10.6. The fraction of sp³-hybridized carbons (Fsp3) is 0.235. The highest BCUT2D eigenvalue weighted by Gasteiger charge is 2.21. The summed E-state index contributed by atoms with van der Waals surface area (Å²) in [5.41, 5.74) is 6.30. The zero-order valence-electron chi connectivity index (χ0n) is 13.7. The van der Waals surface area contributed by atoms with Gasteiger partial charge in [0.15, 0.2) is 5.69 Å². The lowest BCUT2D eigenvalue weighted by Crippen LogP contribution is -2.34. The molecule has 6 nitrogen and oxygen atoms in total. The van der Waals surface area contributed by atoms with Crippen LogP contribution in [-0.2, 0) is 0 Å². The molecule has 3 aromatic rings. The zero-order chi connectivity index (χ0) is 18.1. The maximum atomic E-state index is 12.8. The summed E-state index contributed by atoms with van der Waals surface area (Å²) in [7, 11) is 0. The highest BCUT2D eigenvalue weighted by atomic mass is 35.5. The van der Waals surface area contributed by atoms with E-state index < -0.39 is 0 Å². The van der Waals surface area contributed by atoms with Crippen molar-refractivity contribution in [3.05, 3.63) is 50.7 Å². The van der Waals surface area contributed by atoms with Crippen molar-refractivity contribution in [2.45, 2.75) is 26.3 Å². The van der Waals surface area contributed by atoms with Crippen LogP contribution in [0.25, 0.3) is 16.5 Å². The van der Waals surface area contributed by atoms with Gasteiger partial charge in [-0.05, 0) is 37.6 Å². The van der Waals surface area contributed by atoms with Gasteiger partial charge in [-0.25, -0.2) is 0 Å². The molecule has 0 aliphatic heterocycles. The third-order valence-electron chi connectivity index (χ3n) is 3.96. The van der Waals surface area contributed by atoms with Crippen LogP contribution in [0.5, 0.6) is 0 Å². The van der Waals surface area contributed by atoms with Crippen LogP contribution in [0.3, 0.4) is 0 Å². The Morgan fingerprint density at radius 1 is 1.40 bits per heavy atom. The van der Waals surface area contributed by atoms with Crippen molar-refractivity contribution in [1.82, 2.24) is 15.1 Å². The van der Waals surface area contributed by atoms with E-state index in [0.717, 1.165) is 6.42 Å². The lowest BCUT2D eigenvalue weighted by Gasteiger charge is -2.13. The summed E-state index contributed by atoms with van der Waals surface area (Å²) in [4.78, 5) is 25.5. The summed E-state index contributed by atoms with van der Waals surface area (Å²) >= 11 is 7.12. The summed E-state index contributed by atoms with van der Waals surface area (Å²) in [6.45, 7) is 3.89. The Labute approximate surface area is 153 Å². The van der Waals surface area contributed by atoms with Crippen molar-refractivity contribution < 1.29 is 4.79 Å². The molecule has 0 bridgehead atoms. The number of carbonyl (C=O) groups excluding carboxylic acids is 1. The SMILES string of the molecule is CCC(C)NC(=O)c1nn(-c2ccc(Cl)cc2)c(=O)c2c(N)scc12. The number of fused-ring (bicyclic) bond motifs is 1. The minimum absolute atomic E-state index is 0.00348. The number of thiophene rings is 1. The van der Waals surface area contributed by atoms with E-state index in [2.05, 4.69) is 10.4 Å². The smallest absolute Gasteiger partial charge is 0.282 e. The average Bonchev–Trinajstić information content (AvgIpc) is 2.98. The van der Waals surface area contributed by atoms with Crippen molar-refractivity contribution in [2.75, 3.05) is 5.73 Å². The number of nitrogen functional groups attached to an aromatic ring is 1. The molecule has 2 heterocycles. The summed E-state index contributed by atoms with van der Waals surface area (Å²) in [6, 6.07) is 6.65. The van der Waals surface area contributed by atoms with Crippen LogP contribution >= 0.6 is 22.9 Å². The number of halogens is 1. The van der Waals surface area contributed by atoms with Crippen LogP contribution in [0, 0.1) is 0 Å². The maximum absolute atomic E-state index is 12.8. The summed E-state index contributed by atoms with van der Waals surface area (Å²) in [5.74, 6) is -0.333. The highest BCUT2D eigenvalue weighted by molar-refractivity contribution is 7.15. The van der Waals surface area contributed by atoms with E-state index in [4.69, 9.17) is 17.3 Å². The first-order chi connectivity index (χ1) is 11.9. The molecule has 25 heavy (non-hydrogen) atoms. The zero-order valence-corrected chi connectivity index (χ0v) is 15.3. The van der Waals surface area contributed by atoms with Gasteiger partial charge in [0.2, 0.25) is 0 Å². The molecular formula is C17H17ClN4O2S. The molecule has 1 amide bonds. The van der Waals surface area contributed by atoms with Crippen LogP contribution in [0.4, 0.5) is 5.00 Å². The molecule has 1 atom stereocenters. The third-order valence-corrected chi connectivity index (χ3v) is 5.02. The molecule has 1 aromatic carbocycles. The van der Waals surface area contributed by atoms with E-state index in [9.17, 15) is 9.59 Å². The topological polar surface area (TPSA) is 90.0 Å². The van der Waals surface area contributed by atoms with E-state index in [1.807, 2.05) is 13.8 Å². The van der Waals surface area contributed by atoms with Crippen molar-refractivity contribution in [1.29, 1.82) is 0 Å². The number of amides is 1. The van der Waals surface area contributed by atoms with Gasteiger partial charge in [-0.2, -0.15) is 9.78 Å². The van der Waals surface area contributed by atoms with Gasteiger partial charge in [-0.3, -0.25) is 9.59 Å². The molecule has 0 aliphatic carbocycles. The van der Waals surface area contributed by atoms with Gasteiger partial charge in [-0.1, -0.05) is 18.5 Å². The Kier molecular flexibility index (Phi) is 4.78. The minimum atomic E-state index is -0.365. The first kappa shape index (κ1) is 17.4.